The Morgan fingerprint density at radius 1 is 1.19 bits per heavy atom. The van der Waals surface area contributed by atoms with Crippen molar-refractivity contribution in [3.05, 3.63) is 47.7 Å². The van der Waals surface area contributed by atoms with Gasteiger partial charge in [-0.05, 0) is 48.2 Å². The lowest BCUT2D eigenvalue weighted by Gasteiger charge is -2.28. The Morgan fingerprint density at radius 3 is 2.48 bits per heavy atom. The first-order chi connectivity index (χ1) is 12.9. The summed E-state index contributed by atoms with van der Waals surface area (Å²) in [5, 5.41) is 0. The minimum absolute atomic E-state index is 0.179. The maximum Gasteiger partial charge on any atom is 0.307 e. The standard InChI is InChI=1S/C25H36O2/c1-6-7-11-16-25-17-21(27-19(4)26)23(18(2)3)24(25,5)22(25)15-14-20-12-9-8-10-13-20/h8-10,12-13,17-18,22-23H,6-7,11,14-16H2,1-5H3/t22-,23-,24+,25+/m0/s1. The van der Waals surface area contributed by atoms with E-state index in [-0.39, 0.29) is 16.8 Å². The Kier molecular flexibility index (Phi) is 5.84. The second kappa shape index (κ2) is 7.81. The molecule has 0 heterocycles. The van der Waals surface area contributed by atoms with E-state index in [9.17, 15) is 4.79 Å². The number of fused-ring (bicyclic) bond motifs is 1. The highest BCUT2D eigenvalue weighted by Crippen LogP contribution is 2.82. The van der Waals surface area contributed by atoms with Gasteiger partial charge in [0.2, 0.25) is 0 Å². The van der Waals surface area contributed by atoms with Crippen LogP contribution in [0.5, 0.6) is 0 Å². The van der Waals surface area contributed by atoms with Crippen LogP contribution in [0, 0.1) is 28.6 Å². The zero-order chi connectivity index (χ0) is 19.7. The van der Waals surface area contributed by atoms with Crippen LogP contribution in [0.4, 0.5) is 0 Å². The second-order valence-corrected chi connectivity index (χ2v) is 9.22. The first kappa shape index (κ1) is 20.2. The maximum absolute atomic E-state index is 11.7. The van der Waals surface area contributed by atoms with E-state index >= 15 is 0 Å². The van der Waals surface area contributed by atoms with Crippen LogP contribution in [0.1, 0.15) is 72.3 Å². The SMILES string of the molecule is CCCCC[C@]12C=C(OC(C)=O)[C@H](C(C)C)[C@@]1(C)[C@@H]2CCc1ccccc1. The third kappa shape index (κ3) is 3.48. The summed E-state index contributed by atoms with van der Waals surface area (Å²) in [5.41, 5.74) is 1.88. The van der Waals surface area contributed by atoms with Gasteiger partial charge in [-0.3, -0.25) is 4.79 Å². The summed E-state index contributed by atoms with van der Waals surface area (Å²) in [7, 11) is 0. The van der Waals surface area contributed by atoms with E-state index < -0.39 is 0 Å². The van der Waals surface area contributed by atoms with Crippen molar-refractivity contribution < 1.29 is 9.53 Å². The molecule has 0 saturated heterocycles. The molecule has 1 aromatic carbocycles. The molecule has 0 spiro atoms. The first-order valence-electron chi connectivity index (χ1n) is 10.8. The summed E-state index contributed by atoms with van der Waals surface area (Å²) in [6.07, 6.45) is 9.76. The molecule has 3 rings (SSSR count). The molecule has 0 bridgehead atoms. The van der Waals surface area contributed by atoms with Crippen LogP contribution in [0.15, 0.2) is 42.2 Å². The van der Waals surface area contributed by atoms with Crippen molar-refractivity contribution in [2.75, 3.05) is 0 Å². The Bertz CT molecular complexity index is 690. The van der Waals surface area contributed by atoms with E-state index in [1.54, 1.807) is 0 Å². The lowest BCUT2D eigenvalue weighted by Crippen LogP contribution is -2.24. The molecule has 2 aliphatic rings. The summed E-state index contributed by atoms with van der Waals surface area (Å²) in [4.78, 5) is 11.7. The van der Waals surface area contributed by atoms with Crippen molar-refractivity contribution in [3.8, 4) is 0 Å². The number of carbonyl (C=O) groups excluding carboxylic acids is 1. The second-order valence-electron chi connectivity index (χ2n) is 9.22. The van der Waals surface area contributed by atoms with Gasteiger partial charge in [0.1, 0.15) is 5.76 Å². The number of carbonyl (C=O) groups is 1. The van der Waals surface area contributed by atoms with E-state index in [0.29, 0.717) is 17.8 Å². The average molecular weight is 369 g/mol. The minimum Gasteiger partial charge on any atom is -0.431 e. The minimum atomic E-state index is -0.179. The van der Waals surface area contributed by atoms with E-state index in [2.05, 4.69) is 64.1 Å². The number of allylic oxidation sites excluding steroid dienone is 2. The summed E-state index contributed by atoms with van der Waals surface area (Å²) in [6, 6.07) is 10.8. The molecule has 4 atom stereocenters. The third-order valence-corrected chi connectivity index (χ3v) is 7.30. The number of benzene rings is 1. The van der Waals surface area contributed by atoms with Gasteiger partial charge >= 0.3 is 5.97 Å². The van der Waals surface area contributed by atoms with Crippen molar-refractivity contribution in [1.29, 1.82) is 0 Å². The number of aryl methyl sites for hydroxylation is 1. The molecule has 1 saturated carbocycles. The zero-order valence-corrected chi connectivity index (χ0v) is 17.8. The fraction of sp³-hybridized carbons (Fsp3) is 0.640. The fourth-order valence-corrected chi connectivity index (χ4v) is 6.23. The van der Waals surface area contributed by atoms with Gasteiger partial charge < -0.3 is 4.74 Å². The van der Waals surface area contributed by atoms with E-state index in [0.717, 1.165) is 12.2 Å². The smallest absolute Gasteiger partial charge is 0.307 e. The van der Waals surface area contributed by atoms with Crippen LogP contribution in [0.25, 0.3) is 0 Å². The van der Waals surface area contributed by atoms with E-state index in [1.165, 1.54) is 44.6 Å². The molecule has 27 heavy (non-hydrogen) atoms. The molecule has 0 amide bonds. The molecular weight excluding hydrogens is 332 g/mol. The number of rotatable bonds is 9. The lowest BCUT2D eigenvalue weighted by molar-refractivity contribution is -0.138. The predicted octanol–water partition coefficient (Wildman–Crippen LogP) is 6.55. The van der Waals surface area contributed by atoms with Crippen molar-refractivity contribution >= 4 is 5.97 Å². The topological polar surface area (TPSA) is 26.3 Å². The molecule has 1 aromatic rings. The van der Waals surface area contributed by atoms with Gasteiger partial charge in [-0.15, -0.1) is 0 Å². The highest BCUT2D eigenvalue weighted by atomic mass is 16.5. The Morgan fingerprint density at radius 2 is 1.89 bits per heavy atom. The highest BCUT2D eigenvalue weighted by molar-refractivity contribution is 5.68. The van der Waals surface area contributed by atoms with Crippen LogP contribution in [0.3, 0.4) is 0 Å². The number of ether oxygens (including phenoxy) is 1. The molecule has 0 N–H and O–H groups in total. The molecule has 2 aliphatic carbocycles. The number of hydrogen-bond donors (Lipinski definition) is 0. The van der Waals surface area contributed by atoms with E-state index in [4.69, 9.17) is 4.74 Å². The van der Waals surface area contributed by atoms with Gasteiger partial charge in [0.25, 0.3) is 0 Å². The van der Waals surface area contributed by atoms with Crippen molar-refractivity contribution in [2.45, 2.75) is 73.1 Å². The molecule has 0 aliphatic heterocycles. The average Bonchev–Trinajstić information content (AvgIpc) is 2.97. The van der Waals surface area contributed by atoms with Gasteiger partial charge in [-0.1, -0.05) is 77.3 Å². The van der Waals surface area contributed by atoms with Crippen molar-refractivity contribution in [1.82, 2.24) is 0 Å². The number of esters is 1. The van der Waals surface area contributed by atoms with Crippen molar-refractivity contribution in [2.24, 2.45) is 28.6 Å². The Balaban J connectivity index is 1.84. The van der Waals surface area contributed by atoms with Gasteiger partial charge in [0, 0.05) is 18.3 Å². The van der Waals surface area contributed by atoms with Crippen LogP contribution in [-0.2, 0) is 16.0 Å². The fourth-order valence-electron chi connectivity index (χ4n) is 6.23. The van der Waals surface area contributed by atoms with Gasteiger partial charge in [-0.25, -0.2) is 0 Å². The molecule has 0 radical (unpaired) electrons. The van der Waals surface area contributed by atoms with Crippen LogP contribution in [0.2, 0.25) is 0 Å². The first-order valence-corrected chi connectivity index (χ1v) is 10.8. The lowest BCUT2D eigenvalue weighted by atomic mass is 9.78. The third-order valence-electron chi connectivity index (χ3n) is 7.30. The van der Waals surface area contributed by atoms with Crippen LogP contribution < -0.4 is 0 Å². The van der Waals surface area contributed by atoms with Crippen molar-refractivity contribution in [3.63, 3.8) is 0 Å². The largest absolute Gasteiger partial charge is 0.431 e. The molecule has 1 fully saturated rings. The Labute approximate surface area is 165 Å². The van der Waals surface area contributed by atoms with Gasteiger partial charge in [0.15, 0.2) is 0 Å². The number of hydrogen-bond acceptors (Lipinski definition) is 2. The molecule has 0 aromatic heterocycles. The van der Waals surface area contributed by atoms with Gasteiger partial charge in [-0.2, -0.15) is 0 Å². The maximum atomic E-state index is 11.7. The zero-order valence-electron chi connectivity index (χ0n) is 17.8. The van der Waals surface area contributed by atoms with Gasteiger partial charge in [0.05, 0.1) is 0 Å². The summed E-state index contributed by atoms with van der Waals surface area (Å²) in [6.45, 7) is 10.8. The summed E-state index contributed by atoms with van der Waals surface area (Å²) < 4.78 is 5.72. The highest BCUT2D eigenvalue weighted by Gasteiger charge is 2.78. The quantitative estimate of drug-likeness (QED) is 0.365. The predicted molar refractivity (Wildman–Crippen MR) is 111 cm³/mol. The van der Waals surface area contributed by atoms with Crippen LogP contribution in [-0.4, -0.2) is 5.97 Å². The summed E-state index contributed by atoms with van der Waals surface area (Å²) >= 11 is 0. The molecular formula is C25H36O2. The van der Waals surface area contributed by atoms with Crippen LogP contribution >= 0.6 is 0 Å². The normalized spacial score (nSPS) is 31.6. The monoisotopic (exact) mass is 368 g/mol. The molecule has 148 valence electrons. The summed E-state index contributed by atoms with van der Waals surface area (Å²) in [5.74, 6) is 2.29. The molecule has 0 unspecified atom stereocenters. The number of unbranched alkanes of at least 4 members (excludes halogenated alkanes) is 2. The van der Waals surface area contributed by atoms with E-state index in [1.807, 2.05) is 0 Å². The molecule has 2 heteroatoms. The Hall–Kier alpha value is -1.57. The molecule has 2 nitrogen and oxygen atoms in total.